The van der Waals surface area contributed by atoms with E-state index >= 15 is 0 Å². The molecule has 0 unspecified atom stereocenters. The lowest BCUT2D eigenvalue weighted by atomic mass is 10.1. The molecular formula is C26H25N3O7. The highest BCUT2D eigenvalue weighted by molar-refractivity contribution is 6.04. The second-order valence-electron chi connectivity index (χ2n) is 7.54. The minimum absolute atomic E-state index is 0.222. The van der Waals surface area contributed by atoms with E-state index in [-0.39, 0.29) is 19.1 Å². The molecule has 4 rings (SSSR count). The summed E-state index contributed by atoms with van der Waals surface area (Å²) < 4.78 is 28.5. The summed E-state index contributed by atoms with van der Waals surface area (Å²) in [6.45, 7) is -0.0539. The van der Waals surface area contributed by atoms with Crippen molar-refractivity contribution in [1.82, 2.24) is 9.38 Å². The molecule has 10 heteroatoms. The number of rotatable bonds is 10. The lowest BCUT2D eigenvalue weighted by molar-refractivity contribution is -0.142. The molecule has 2 aromatic heterocycles. The summed E-state index contributed by atoms with van der Waals surface area (Å²) in [5.74, 6) is 0.688. The summed E-state index contributed by atoms with van der Waals surface area (Å²) in [6, 6.07) is 15.5. The van der Waals surface area contributed by atoms with Crippen molar-refractivity contribution >= 4 is 23.2 Å². The smallest absolute Gasteiger partial charge is 0.343 e. The van der Waals surface area contributed by atoms with Crippen LogP contribution in [0.3, 0.4) is 0 Å². The molecular weight excluding hydrogens is 466 g/mol. The Bertz CT molecular complexity index is 1350. The van der Waals surface area contributed by atoms with Gasteiger partial charge in [-0.25, -0.2) is 9.78 Å². The first kappa shape index (κ1) is 24.4. The second-order valence-corrected chi connectivity index (χ2v) is 7.54. The van der Waals surface area contributed by atoms with Gasteiger partial charge in [-0.05, 0) is 42.5 Å². The van der Waals surface area contributed by atoms with Gasteiger partial charge in [-0.2, -0.15) is 0 Å². The zero-order chi connectivity index (χ0) is 25.5. The number of hydrogen-bond donors (Lipinski definition) is 1. The van der Waals surface area contributed by atoms with E-state index in [1.165, 1.54) is 20.3 Å². The minimum atomic E-state index is -0.530. The lowest BCUT2D eigenvalue weighted by Crippen LogP contribution is -2.14. The van der Waals surface area contributed by atoms with Crippen molar-refractivity contribution in [2.45, 2.75) is 6.61 Å². The summed E-state index contributed by atoms with van der Waals surface area (Å²) in [4.78, 5) is 28.7. The third-order valence-corrected chi connectivity index (χ3v) is 5.21. The van der Waals surface area contributed by atoms with E-state index in [1.54, 1.807) is 37.4 Å². The normalized spacial score (nSPS) is 10.5. The van der Waals surface area contributed by atoms with Gasteiger partial charge in [0.05, 0.1) is 27.0 Å². The molecule has 1 N–H and O–H groups in total. The number of aromatic nitrogens is 2. The minimum Gasteiger partial charge on any atom is -0.493 e. The van der Waals surface area contributed by atoms with Gasteiger partial charge in [0.2, 0.25) is 0 Å². The SMILES string of the molecule is COC(=O)COc1ccc(C(=O)Nc2ccc(OC)c(OCc3cn4ccccc4n3)c2)cc1OC. The van der Waals surface area contributed by atoms with Crippen molar-refractivity contribution in [2.24, 2.45) is 0 Å². The van der Waals surface area contributed by atoms with Crippen molar-refractivity contribution in [3.63, 3.8) is 0 Å². The molecule has 186 valence electrons. The molecule has 0 aliphatic carbocycles. The first-order valence-corrected chi connectivity index (χ1v) is 10.9. The van der Waals surface area contributed by atoms with E-state index in [9.17, 15) is 9.59 Å². The number of fused-ring (bicyclic) bond motifs is 1. The van der Waals surface area contributed by atoms with Crippen LogP contribution >= 0.6 is 0 Å². The third kappa shape index (κ3) is 5.66. The largest absolute Gasteiger partial charge is 0.493 e. The molecule has 0 aliphatic heterocycles. The maximum atomic E-state index is 12.9. The topological polar surface area (TPSA) is 110 Å². The van der Waals surface area contributed by atoms with Crippen LogP contribution in [0.4, 0.5) is 5.69 Å². The zero-order valence-electron chi connectivity index (χ0n) is 20.0. The fourth-order valence-electron chi connectivity index (χ4n) is 3.40. The molecule has 10 nitrogen and oxygen atoms in total. The van der Waals surface area contributed by atoms with Crippen LogP contribution in [0.1, 0.15) is 16.1 Å². The van der Waals surface area contributed by atoms with Crippen LogP contribution in [-0.2, 0) is 16.1 Å². The van der Waals surface area contributed by atoms with Crippen molar-refractivity contribution in [3.8, 4) is 23.0 Å². The first-order chi connectivity index (χ1) is 17.5. The maximum absolute atomic E-state index is 12.9. The second kappa shape index (κ2) is 11.1. The highest BCUT2D eigenvalue weighted by Gasteiger charge is 2.15. The van der Waals surface area contributed by atoms with E-state index in [0.29, 0.717) is 34.2 Å². The molecule has 0 fully saturated rings. The number of esters is 1. The van der Waals surface area contributed by atoms with Crippen LogP contribution in [0.15, 0.2) is 67.0 Å². The van der Waals surface area contributed by atoms with Gasteiger partial charge < -0.3 is 33.4 Å². The zero-order valence-corrected chi connectivity index (χ0v) is 20.0. The van der Waals surface area contributed by atoms with Crippen molar-refractivity contribution in [2.75, 3.05) is 33.3 Å². The number of pyridine rings is 1. The number of imidazole rings is 1. The Kier molecular flexibility index (Phi) is 7.54. The van der Waals surface area contributed by atoms with Crippen molar-refractivity contribution < 1.29 is 33.3 Å². The van der Waals surface area contributed by atoms with Gasteiger partial charge in [0, 0.05) is 29.7 Å². The van der Waals surface area contributed by atoms with Crippen LogP contribution in [0, 0.1) is 0 Å². The van der Waals surface area contributed by atoms with Crippen molar-refractivity contribution in [3.05, 3.63) is 78.2 Å². The Hall–Kier alpha value is -4.73. The highest BCUT2D eigenvalue weighted by Crippen LogP contribution is 2.32. The first-order valence-electron chi connectivity index (χ1n) is 10.9. The molecule has 0 atom stereocenters. The van der Waals surface area contributed by atoms with Gasteiger partial charge in [0.15, 0.2) is 29.6 Å². The number of ether oxygens (including phenoxy) is 5. The summed E-state index contributed by atoms with van der Waals surface area (Å²) in [6.07, 6.45) is 3.80. The fourth-order valence-corrected chi connectivity index (χ4v) is 3.40. The average Bonchev–Trinajstić information content (AvgIpc) is 3.33. The van der Waals surface area contributed by atoms with Gasteiger partial charge in [0.1, 0.15) is 12.3 Å². The van der Waals surface area contributed by atoms with Crippen molar-refractivity contribution in [1.29, 1.82) is 0 Å². The molecule has 0 saturated carbocycles. The van der Waals surface area contributed by atoms with E-state index in [2.05, 4.69) is 15.0 Å². The van der Waals surface area contributed by atoms with Crippen LogP contribution in [0.2, 0.25) is 0 Å². The highest BCUT2D eigenvalue weighted by atomic mass is 16.6. The van der Waals surface area contributed by atoms with E-state index in [1.807, 2.05) is 35.0 Å². The number of methoxy groups -OCH3 is 3. The Morgan fingerprint density at radius 2 is 1.69 bits per heavy atom. The number of nitrogens with one attached hydrogen (secondary N) is 1. The summed E-state index contributed by atoms with van der Waals surface area (Å²) in [7, 11) is 4.26. The number of carbonyl (C=O) groups excluding carboxylic acids is 2. The van der Waals surface area contributed by atoms with E-state index in [4.69, 9.17) is 18.9 Å². The van der Waals surface area contributed by atoms with Crippen LogP contribution in [-0.4, -0.2) is 49.2 Å². The molecule has 2 heterocycles. The van der Waals surface area contributed by atoms with E-state index < -0.39 is 5.97 Å². The van der Waals surface area contributed by atoms with Crippen LogP contribution in [0.25, 0.3) is 5.65 Å². The number of anilines is 1. The monoisotopic (exact) mass is 491 g/mol. The number of amides is 1. The summed E-state index contributed by atoms with van der Waals surface area (Å²) in [5.41, 5.74) is 2.41. The number of benzene rings is 2. The molecule has 4 aromatic rings. The lowest BCUT2D eigenvalue weighted by Gasteiger charge is -2.13. The Morgan fingerprint density at radius 1 is 0.889 bits per heavy atom. The number of hydrogen-bond acceptors (Lipinski definition) is 8. The molecule has 1 amide bonds. The Labute approximate surface area is 207 Å². The molecule has 36 heavy (non-hydrogen) atoms. The predicted octanol–water partition coefficient (Wildman–Crippen LogP) is 3.73. The van der Waals surface area contributed by atoms with Gasteiger partial charge >= 0.3 is 5.97 Å². The molecule has 2 aromatic carbocycles. The van der Waals surface area contributed by atoms with Gasteiger partial charge in [-0.1, -0.05) is 6.07 Å². The molecule has 0 bridgehead atoms. The quantitative estimate of drug-likeness (QED) is 0.334. The Balaban J connectivity index is 1.46. The number of carbonyl (C=O) groups is 2. The summed E-state index contributed by atoms with van der Waals surface area (Å²) >= 11 is 0. The standard InChI is InChI=1S/C26H25N3O7/c1-32-20-10-8-18(13-23(20)35-15-19-14-29-11-5-4-6-24(29)27-19)28-26(31)17-7-9-21(22(12-17)33-2)36-16-25(30)34-3/h4-14H,15-16H2,1-3H3,(H,28,31). The summed E-state index contributed by atoms with van der Waals surface area (Å²) in [5, 5.41) is 2.84. The Morgan fingerprint density at radius 3 is 2.44 bits per heavy atom. The molecule has 0 radical (unpaired) electrons. The number of nitrogens with zero attached hydrogens (tertiary/aromatic N) is 2. The van der Waals surface area contributed by atoms with Crippen LogP contribution < -0.4 is 24.3 Å². The third-order valence-electron chi connectivity index (χ3n) is 5.21. The maximum Gasteiger partial charge on any atom is 0.343 e. The predicted molar refractivity (Wildman–Crippen MR) is 131 cm³/mol. The van der Waals surface area contributed by atoms with E-state index in [0.717, 1.165) is 11.3 Å². The average molecular weight is 492 g/mol. The molecule has 0 aliphatic rings. The van der Waals surface area contributed by atoms with Gasteiger partial charge in [0.25, 0.3) is 5.91 Å². The van der Waals surface area contributed by atoms with Gasteiger partial charge in [-0.3, -0.25) is 4.79 Å². The van der Waals surface area contributed by atoms with Gasteiger partial charge in [-0.15, -0.1) is 0 Å². The van der Waals surface area contributed by atoms with Crippen LogP contribution in [0.5, 0.6) is 23.0 Å². The molecule has 0 saturated heterocycles. The fraction of sp³-hybridized carbons (Fsp3) is 0.192. The molecule has 0 spiro atoms.